The molecule has 0 aromatic heterocycles. The maximum Gasteiger partial charge on any atom is 0.407 e. The molecule has 5 nitrogen and oxygen atoms in total. The molecule has 0 aromatic carbocycles. The summed E-state index contributed by atoms with van der Waals surface area (Å²) in [6.45, 7) is 10.6. The molecule has 0 heterocycles. The zero-order valence-corrected chi connectivity index (χ0v) is 14.8. The van der Waals surface area contributed by atoms with E-state index in [1.807, 2.05) is 27.7 Å². The minimum Gasteiger partial charge on any atom is -0.464 e. The predicted octanol–water partition coefficient (Wildman–Crippen LogP) is 3.91. The van der Waals surface area contributed by atoms with E-state index in [4.69, 9.17) is 9.47 Å². The number of amides is 1. The second kappa shape index (κ2) is 12.3. The average molecular weight is 315 g/mol. The van der Waals surface area contributed by atoms with Crippen molar-refractivity contribution in [2.75, 3.05) is 13.2 Å². The van der Waals surface area contributed by atoms with Gasteiger partial charge in [-0.3, -0.25) is 0 Å². The number of hydrogen-bond donors (Lipinski definition) is 1. The first-order valence-electron chi connectivity index (χ1n) is 8.48. The van der Waals surface area contributed by atoms with Gasteiger partial charge in [0, 0.05) is 0 Å². The Bertz CT molecular complexity index is 316. The molecule has 0 fully saturated rings. The van der Waals surface area contributed by atoms with Crippen molar-refractivity contribution in [2.45, 2.75) is 72.8 Å². The van der Waals surface area contributed by atoms with Gasteiger partial charge in [0.25, 0.3) is 0 Å². The summed E-state index contributed by atoms with van der Waals surface area (Å²) in [4.78, 5) is 23.7. The van der Waals surface area contributed by atoms with E-state index < -0.39 is 12.1 Å². The van der Waals surface area contributed by atoms with Crippen molar-refractivity contribution in [3.05, 3.63) is 0 Å². The molecule has 0 rings (SSSR count). The number of hydrogen-bond acceptors (Lipinski definition) is 4. The number of ether oxygens (including phenoxy) is 2. The number of unbranched alkanes of at least 4 members (excludes halogenated alkanes) is 4. The Kier molecular flexibility index (Phi) is 11.6. The lowest BCUT2D eigenvalue weighted by molar-refractivity contribution is -0.147. The van der Waals surface area contributed by atoms with Gasteiger partial charge >= 0.3 is 12.1 Å². The largest absolute Gasteiger partial charge is 0.464 e. The molecule has 0 saturated carbocycles. The molecule has 0 aliphatic rings. The van der Waals surface area contributed by atoms with E-state index in [9.17, 15) is 9.59 Å². The number of nitrogens with one attached hydrogen (secondary N) is 1. The minimum absolute atomic E-state index is 0.0424. The van der Waals surface area contributed by atoms with Crippen molar-refractivity contribution >= 4 is 12.1 Å². The molecule has 0 aromatic rings. The molecule has 0 radical (unpaired) electrons. The third-order valence-corrected chi connectivity index (χ3v) is 3.23. The summed E-state index contributed by atoms with van der Waals surface area (Å²) in [7, 11) is 0. The zero-order valence-electron chi connectivity index (χ0n) is 14.8. The lowest BCUT2D eigenvalue weighted by atomic mass is 10.1. The van der Waals surface area contributed by atoms with Crippen LogP contribution in [0.15, 0.2) is 0 Å². The van der Waals surface area contributed by atoms with Gasteiger partial charge < -0.3 is 14.8 Å². The molecule has 0 saturated heterocycles. The quantitative estimate of drug-likeness (QED) is 0.464. The van der Waals surface area contributed by atoms with E-state index in [-0.39, 0.29) is 17.8 Å². The molecule has 130 valence electrons. The Hall–Kier alpha value is -1.26. The number of esters is 1. The monoisotopic (exact) mass is 315 g/mol. The van der Waals surface area contributed by atoms with Crippen LogP contribution in [0, 0.1) is 11.8 Å². The smallest absolute Gasteiger partial charge is 0.407 e. The zero-order chi connectivity index (χ0) is 17.0. The Morgan fingerprint density at radius 2 is 1.59 bits per heavy atom. The highest BCUT2D eigenvalue weighted by atomic mass is 16.6. The SMILES string of the molecule is CCCCCCCOC(=O)C(NC(=O)OCC(C)C)C(C)C. The van der Waals surface area contributed by atoms with Crippen molar-refractivity contribution in [3.63, 3.8) is 0 Å². The van der Waals surface area contributed by atoms with Crippen LogP contribution in [0.4, 0.5) is 4.79 Å². The van der Waals surface area contributed by atoms with Gasteiger partial charge in [0.15, 0.2) is 0 Å². The predicted molar refractivity (Wildman–Crippen MR) is 87.7 cm³/mol. The van der Waals surface area contributed by atoms with Crippen molar-refractivity contribution in [3.8, 4) is 0 Å². The fourth-order valence-corrected chi connectivity index (χ4v) is 1.88. The standard InChI is InChI=1S/C17H33NO4/c1-6-7-8-9-10-11-21-16(19)15(14(4)5)18-17(20)22-12-13(2)3/h13-15H,6-12H2,1-5H3,(H,18,20). The number of carbonyl (C=O) groups is 2. The van der Waals surface area contributed by atoms with Gasteiger partial charge in [0.05, 0.1) is 13.2 Å². The number of rotatable bonds is 11. The van der Waals surface area contributed by atoms with Gasteiger partial charge in [-0.1, -0.05) is 60.3 Å². The molecular weight excluding hydrogens is 282 g/mol. The molecule has 1 unspecified atom stereocenters. The summed E-state index contributed by atoms with van der Waals surface area (Å²) in [6, 6.07) is -0.657. The molecule has 1 amide bonds. The van der Waals surface area contributed by atoms with Crippen molar-refractivity contribution < 1.29 is 19.1 Å². The molecule has 1 atom stereocenters. The normalized spacial score (nSPS) is 12.3. The van der Waals surface area contributed by atoms with E-state index >= 15 is 0 Å². The third-order valence-electron chi connectivity index (χ3n) is 3.23. The molecule has 5 heteroatoms. The van der Waals surface area contributed by atoms with Crippen molar-refractivity contribution in [2.24, 2.45) is 11.8 Å². The fraction of sp³-hybridized carbons (Fsp3) is 0.882. The molecule has 0 bridgehead atoms. The summed E-state index contributed by atoms with van der Waals surface area (Å²) in [6.07, 6.45) is 4.95. The first kappa shape index (κ1) is 20.7. The van der Waals surface area contributed by atoms with Gasteiger partial charge in [-0.15, -0.1) is 0 Å². The second-order valence-corrected chi connectivity index (χ2v) is 6.44. The molecule has 0 aliphatic heterocycles. The Balaban J connectivity index is 4.09. The van der Waals surface area contributed by atoms with E-state index in [0.29, 0.717) is 13.2 Å². The van der Waals surface area contributed by atoms with Crippen LogP contribution in [0.5, 0.6) is 0 Å². The molecule has 0 spiro atoms. The Labute approximate surface area is 135 Å². The first-order valence-corrected chi connectivity index (χ1v) is 8.48. The minimum atomic E-state index is -0.657. The second-order valence-electron chi connectivity index (χ2n) is 6.44. The van der Waals surface area contributed by atoms with E-state index in [1.54, 1.807) is 0 Å². The van der Waals surface area contributed by atoms with Crippen LogP contribution in [0.25, 0.3) is 0 Å². The van der Waals surface area contributed by atoms with Gasteiger partial charge in [0.1, 0.15) is 6.04 Å². The fourth-order valence-electron chi connectivity index (χ4n) is 1.88. The Morgan fingerprint density at radius 1 is 0.955 bits per heavy atom. The number of alkyl carbamates (subject to hydrolysis) is 1. The van der Waals surface area contributed by atoms with Crippen LogP contribution in [-0.4, -0.2) is 31.3 Å². The molecule has 1 N–H and O–H groups in total. The topological polar surface area (TPSA) is 64.6 Å². The van der Waals surface area contributed by atoms with Crippen LogP contribution >= 0.6 is 0 Å². The summed E-state index contributed by atoms with van der Waals surface area (Å²) in [5.41, 5.74) is 0. The van der Waals surface area contributed by atoms with E-state index in [2.05, 4.69) is 12.2 Å². The third kappa shape index (κ3) is 10.5. The molecular formula is C17H33NO4. The van der Waals surface area contributed by atoms with Crippen LogP contribution in [0.3, 0.4) is 0 Å². The number of carbonyl (C=O) groups excluding carboxylic acids is 2. The van der Waals surface area contributed by atoms with Crippen LogP contribution in [0.2, 0.25) is 0 Å². The van der Waals surface area contributed by atoms with Gasteiger partial charge in [-0.2, -0.15) is 0 Å². The highest BCUT2D eigenvalue weighted by Gasteiger charge is 2.26. The Morgan fingerprint density at radius 3 is 2.14 bits per heavy atom. The lowest BCUT2D eigenvalue weighted by Crippen LogP contribution is -2.45. The lowest BCUT2D eigenvalue weighted by Gasteiger charge is -2.21. The van der Waals surface area contributed by atoms with E-state index in [0.717, 1.165) is 12.8 Å². The van der Waals surface area contributed by atoms with Crippen LogP contribution in [0.1, 0.15) is 66.7 Å². The van der Waals surface area contributed by atoms with Crippen molar-refractivity contribution in [1.82, 2.24) is 5.32 Å². The summed E-state index contributed by atoms with van der Waals surface area (Å²) in [5, 5.41) is 2.60. The van der Waals surface area contributed by atoms with Crippen molar-refractivity contribution in [1.29, 1.82) is 0 Å². The van der Waals surface area contributed by atoms with Gasteiger partial charge in [0.2, 0.25) is 0 Å². The molecule has 0 aliphatic carbocycles. The van der Waals surface area contributed by atoms with Gasteiger partial charge in [-0.05, 0) is 18.3 Å². The maximum atomic E-state index is 12.1. The average Bonchev–Trinajstić information content (AvgIpc) is 2.45. The summed E-state index contributed by atoms with van der Waals surface area (Å²) in [5.74, 6) is -0.162. The molecule has 22 heavy (non-hydrogen) atoms. The van der Waals surface area contributed by atoms with E-state index in [1.165, 1.54) is 19.3 Å². The summed E-state index contributed by atoms with van der Waals surface area (Å²) < 4.78 is 10.3. The van der Waals surface area contributed by atoms with Crippen LogP contribution in [-0.2, 0) is 14.3 Å². The highest BCUT2D eigenvalue weighted by Crippen LogP contribution is 2.07. The highest BCUT2D eigenvalue weighted by molar-refractivity contribution is 5.81. The first-order chi connectivity index (χ1) is 10.4. The van der Waals surface area contributed by atoms with Crippen LogP contribution < -0.4 is 5.32 Å². The van der Waals surface area contributed by atoms with Gasteiger partial charge in [-0.25, -0.2) is 9.59 Å². The maximum absolute atomic E-state index is 12.1. The summed E-state index contributed by atoms with van der Waals surface area (Å²) >= 11 is 0.